The largest absolute Gasteiger partial charge is 0.508 e. The summed E-state index contributed by atoms with van der Waals surface area (Å²) in [5.74, 6) is -0.714. The molecule has 3 N–H and O–H groups in total. The predicted octanol–water partition coefficient (Wildman–Crippen LogP) is 1.89. The Balaban J connectivity index is 1.06. The highest BCUT2D eigenvalue weighted by atomic mass is 16.6. The van der Waals surface area contributed by atoms with E-state index in [0.29, 0.717) is 61.8 Å². The molecule has 4 heterocycles. The minimum absolute atomic E-state index is 0.0305. The van der Waals surface area contributed by atoms with Gasteiger partial charge in [-0.3, -0.25) is 24.6 Å². The van der Waals surface area contributed by atoms with Crippen LogP contribution >= 0.6 is 0 Å². The fraction of sp³-hybridized carbons (Fsp3) is 0.526. The van der Waals surface area contributed by atoms with E-state index in [4.69, 9.17) is 12.6 Å². The first-order chi connectivity index (χ1) is 25.5. The standard InChI is InChI=1S/C38H50BN7O7/c1-3-27-22-26(23-31(39)35(27)48)24-33(36(49)44-13-9-29(10-14-44)43-20-18-42(19-21-43)25-34(47)41(2)52)53-38(51)45-15-11-30(12-16-45)46-17-8-28-6-4-5-7-32(28)40-37(46)50/h3-7,22-23,29-30,33,48,52H,1,8-21,24-25H2,2H3,(H,40,50)/t33-/m1/s1. The lowest BCUT2D eigenvalue weighted by molar-refractivity contribution is -0.161. The molecule has 0 aromatic heterocycles. The van der Waals surface area contributed by atoms with E-state index in [0.717, 1.165) is 56.7 Å². The van der Waals surface area contributed by atoms with Crippen LogP contribution in [-0.4, -0.2) is 162 Å². The fourth-order valence-corrected chi connectivity index (χ4v) is 7.94. The molecule has 5 amide bonds. The SMILES string of the molecule is [B]c1cc(C[C@@H](OC(=O)N2CCC(N3CCc4ccccc4NC3=O)CC2)C(=O)N2CCC(N3CCN(CC(=O)N(C)O)CC3)CC2)cc(C=C)c1O. The Kier molecular flexibility index (Phi) is 12.3. The third kappa shape index (κ3) is 9.14. The molecule has 3 saturated heterocycles. The van der Waals surface area contributed by atoms with Gasteiger partial charge in [0.15, 0.2) is 6.10 Å². The number of amides is 5. The van der Waals surface area contributed by atoms with Crippen molar-refractivity contribution in [3.8, 4) is 5.75 Å². The van der Waals surface area contributed by atoms with Crippen LogP contribution in [0.4, 0.5) is 15.3 Å². The normalized spacial score (nSPS) is 19.9. The summed E-state index contributed by atoms with van der Waals surface area (Å²) in [7, 11) is 7.41. The Morgan fingerprint density at radius 2 is 1.64 bits per heavy atom. The molecule has 15 heteroatoms. The van der Waals surface area contributed by atoms with Gasteiger partial charge in [-0.15, -0.1) is 0 Å². The lowest BCUT2D eigenvalue weighted by atomic mass is 9.89. The molecule has 0 bridgehead atoms. The van der Waals surface area contributed by atoms with Gasteiger partial charge in [-0.2, -0.15) is 0 Å². The number of piperidine rings is 2. The summed E-state index contributed by atoms with van der Waals surface area (Å²) >= 11 is 0. The number of carbonyl (C=O) groups is 4. The van der Waals surface area contributed by atoms with Crippen LogP contribution in [0, 0.1) is 0 Å². The quantitative estimate of drug-likeness (QED) is 0.200. The van der Waals surface area contributed by atoms with Gasteiger partial charge in [0.2, 0.25) is 0 Å². The minimum Gasteiger partial charge on any atom is -0.508 e. The molecule has 0 saturated carbocycles. The second kappa shape index (κ2) is 17.0. The second-order valence-corrected chi connectivity index (χ2v) is 14.4. The molecule has 53 heavy (non-hydrogen) atoms. The topological polar surface area (TPSA) is 149 Å². The van der Waals surface area contributed by atoms with Crippen molar-refractivity contribution in [3.63, 3.8) is 0 Å². The average molecular weight is 728 g/mol. The molecule has 4 aliphatic heterocycles. The number of urea groups is 1. The number of likely N-dealkylation sites (N-methyl/N-ethyl adjacent to an activating group) is 1. The van der Waals surface area contributed by atoms with Crippen LogP contribution in [0.25, 0.3) is 6.08 Å². The maximum Gasteiger partial charge on any atom is 0.410 e. The van der Waals surface area contributed by atoms with E-state index in [1.54, 1.807) is 21.9 Å². The third-order valence-electron chi connectivity index (χ3n) is 11.1. The zero-order chi connectivity index (χ0) is 37.6. The highest BCUT2D eigenvalue weighted by Crippen LogP contribution is 2.26. The van der Waals surface area contributed by atoms with Crippen LogP contribution in [0.5, 0.6) is 5.75 Å². The van der Waals surface area contributed by atoms with Crippen molar-refractivity contribution in [2.75, 3.05) is 77.8 Å². The first-order valence-corrected chi connectivity index (χ1v) is 18.6. The van der Waals surface area contributed by atoms with Crippen molar-refractivity contribution in [3.05, 3.63) is 59.7 Å². The number of hydroxylamine groups is 2. The van der Waals surface area contributed by atoms with Crippen molar-refractivity contribution in [2.45, 2.75) is 56.7 Å². The maximum atomic E-state index is 14.1. The van der Waals surface area contributed by atoms with Gasteiger partial charge in [0.1, 0.15) is 13.6 Å². The van der Waals surface area contributed by atoms with E-state index in [9.17, 15) is 29.5 Å². The number of likely N-dealkylation sites (tertiary alicyclic amines) is 2. The third-order valence-corrected chi connectivity index (χ3v) is 11.1. The first-order valence-electron chi connectivity index (χ1n) is 18.6. The van der Waals surface area contributed by atoms with Crippen molar-refractivity contribution >= 4 is 49.0 Å². The molecule has 3 fully saturated rings. The maximum absolute atomic E-state index is 14.1. The number of hydrogen-bond donors (Lipinski definition) is 3. The van der Waals surface area contributed by atoms with Crippen LogP contribution in [0.15, 0.2) is 43.0 Å². The van der Waals surface area contributed by atoms with Crippen molar-refractivity contribution in [2.24, 2.45) is 0 Å². The summed E-state index contributed by atoms with van der Waals surface area (Å²) in [6.07, 6.45) is 3.32. The number of carbonyl (C=O) groups excluding carboxylic acids is 4. The molecular weight excluding hydrogens is 677 g/mol. The zero-order valence-electron chi connectivity index (χ0n) is 30.5. The van der Waals surface area contributed by atoms with Gasteiger partial charge >= 0.3 is 12.1 Å². The number of rotatable bonds is 9. The van der Waals surface area contributed by atoms with Gasteiger partial charge in [-0.25, -0.2) is 14.7 Å². The number of piperazine rings is 1. The Morgan fingerprint density at radius 1 is 0.981 bits per heavy atom. The molecule has 14 nitrogen and oxygen atoms in total. The summed E-state index contributed by atoms with van der Waals surface area (Å²) in [4.78, 5) is 62.5. The van der Waals surface area contributed by atoms with Crippen molar-refractivity contribution < 1.29 is 34.2 Å². The molecule has 6 rings (SSSR count). The van der Waals surface area contributed by atoms with E-state index in [1.807, 2.05) is 34.1 Å². The molecule has 2 aromatic carbocycles. The number of aromatic hydroxyl groups is 1. The predicted molar refractivity (Wildman–Crippen MR) is 200 cm³/mol. The van der Waals surface area contributed by atoms with Gasteiger partial charge in [0, 0.05) is 95.7 Å². The van der Waals surface area contributed by atoms with E-state index < -0.39 is 12.2 Å². The van der Waals surface area contributed by atoms with E-state index >= 15 is 0 Å². The number of para-hydroxylation sites is 1. The smallest absolute Gasteiger partial charge is 0.410 e. The van der Waals surface area contributed by atoms with Gasteiger partial charge in [0.05, 0.1) is 6.54 Å². The number of fused-ring (bicyclic) bond motifs is 1. The molecule has 0 unspecified atom stereocenters. The van der Waals surface area contributed by atoms with Crippen LogP contribution in [0.1, 0.15) is 42.4 Å². The Hall–Kier alpha value is -4.60. The van der Waals surface area contributed by atoms with Gasteiger partial charge in [0.25, 0.3) is 11.8 Å². The zero-order valence-corrected chi connectivity index (χ0v) is 30.5. The molecule has 1 atom stereocenters. The van der Waals surface area contributed by atoms with Gasteiger partial charge < -0.3 is 29.9 Å². The highest BCUT2D eigenvalue weighted by Gasteiger charge is 2.37. The highest BCUT2D eigenvalue weighted by molar-refractivity contribution is 6.34. The molecule has 4 aliphatic rings. The van der Waals surface area contributed by atoms with Crippen LogP contribution in [-0.2, 0) is 27.2 Å². The molecule has 282 valence electrons. The molecule has 0 aliphatic carbocycles. The second-order valence-electron chi connectivity index (χ2n) is 14.4. The minimum atomic E-state index is -1.11. The lowest BCUT2D eigenvalue weighted by Crippen LogP contribution is -2.56. The van der Waals surface area contributed by atoms with Gasteiger partial charge in [-0.05, 0) is 55.4 Å². The number of phenolic OH excluding ortho intramolecular Hbond substituents is 1. The summed E-state index contributed by atoms with van der Waals surface area (Å²) in [5, 5.41) is 23.4. The van der Waals surface area contributed by atoms with Crippen LogP contribution in [0.3, 0.4) is 0 Å². The summed E-state index contributed by atoms with van der Waals surface area (Å²) in [5.41, 5.74) is 3.13. The molecule has 0 spiro atoms. The number of nitrogens with one attached hydrogen (secondary N) is 1. The monoisotopic (exact) mass is 727 g/mol. The number of hydrogen-bond acceptors (Lipinski definition) is 9. The molecule has 2 aromatic rings. The number of phenols is 1. The number of anilines is 1. The molecule has 2 radical (unpaired) electrons. The average Bonchev–Trinajstić information content (AvgIpc) is 3.34. The first kappa shape index (κ1) is 38.1. The van der Waals surface area contributed by atoms with Crippen LogP contribution in [0.2, 0.25) is 0 Å². The van der Waals surface area contributed by atoms with E-state index in [-0.39, 0.29) is 54.1 Å². The van der Waals surface area contributed by atoms with Gasteiger partial charge in [-0.1, -0.05) is 42.4 Å². The number of nitrogens with zero attached hydrogens (tertiary/aromatic N) is 6. The summed E-state index contributed by atoms with van der Waals surface area (Å²) in [6.45, 7) is 9.34. The van der Waals surface area contributed by atoms with E-state index in [2.05, 4.69) is 16.8 Å². The number of ether oxygens (including phenoxy) is 1. The van der Waals surface area contributed by atoms with Crippen molar-refractivity contribution in [1.29, 1.82) is 0 Å². The van der Waals surface area contributed by atoms with E-state index in [1.165, 1.54) is 13.1 Å². The Labute approximate surface area is 312 Å². The molecular formula is C38H50BN7O7. The fourth-order valence-electron chi connectivity index (χ4n) is 7.94. The Bertz CT molecular complexity index is 1670. The van der Waals surface area contributed by atoms with Crippen molar-refractivity contribution in [1.82, 2.24) is 29.6 Å². The van der Waals surface area contributed by atoms with Crippen LogP contribution < -0.4 is 10.8 Å². The Morgan fingerprint density at radius 3 is 2.32 bits per heavy atom. The number of benzene rings is 2. The summed E-state index contributed by atoms with van der Waals surface area (Å²) in [6, 6.07) is 11.2. The summed E-state index contributed by atoms with van der Waals surface area (Å²) < 4.78 is 6.03. The lowest BCUT2D eigenvalue weighted by Gasteiger charge is -2.43.